The minimum absolute atomic E-state index is 0.00278. The lowest BCUT2D eigenvalue weighted by Crippen LogP contribution is -2.16. The Balaban J connectivity index is 1.99. The lowest BCUT2D eigenvalue weighted by Gasteiger charge is -2.09. The third kappa shape index (κ3) is 5.52. The van der Waals surface area contributed by atoms with Crippen LogP contribution in [0.3, 0.4) is 0 Å². The number of nitrogens with two attached hydrogens (primary N) is 1. The topological polar surface area (TPSA) is 130 Å². The van der Waals surface area contributed by atoms with E-state index in [1.807, 2.05) is 0 Å². The first-order valence-electron chi connectivity index (χ1n) is 7.81. The zero-order valence-electron chi connectivity index (χ0n) is 14.5. The van der Waals surface area contributed by atoms with Crippen LogP contribution in [0.2, 0.25) is 0 Å². The molecule has 0 saturated carbocycles. The molecule has 27 heavy (non-hydrogen) atoms. The SMILES string of the molecule is COc1ccc(C(=O)OCCCS(=O)(=O)c2ccccc2)cc1S(N)(=O)=O. The summed E-state index contributed by atoms with van der Waals surface area (Å²) in [4.78, 5) is 11.9. The van der Waals surface area contributed by atoms with Gasteiger partial charge in [-0.05, 0) is 36.8 Å². The summed E-state index contributed by atoms with van der Waals surface area (Å²) in [5, 5.41) is 5.10. The smallest absolute Gasteiger partial charge is 0.338 e. The molecule has 0 amide bonds. The summed E-state index contributed by atoms with van der Waals surface area (Å²) < 4.78 is 57.3. The fourth-order valence-electron chi connectivity index (χ4n) is 2.27. The zero-order chi connectivity index (χ0) is 20.1. The van der Waals surface area contributed by atoms with Gasteiger partial charge in [-0.15, -0.1) is 0 Å². The average molecular weight is 413 g/mol. The monoisotopic (exact) mass is 413 g/mol. The van der Waals surface area contributed by atoms with Gasteiger partial charge in [0.05, 0.1) is 29.9 Å². The molecule has 8 nitrogen and oxygen atoms in total. The summed E-state index contributed by atoms with van der Waals surface area (Å²) in [6.07, 6.45) is 0.0984. The van der Waals surface area contributed by atoms with Crippen LogP contribution < -0.4 is 9.88 Å². The van der Waals surface area contributed by atoms with Gasteiger partial charge in [-0.25, -0.2) is 26.8 Å². The highest BCUT2D eigenvalue weighted by molar-refractivity contribution is 7.91. The van der Waals surface area contributed by atoms with E-state index in [1.54, 1.807) is 18.2 Å². The molecule has 146 valence electrons. The number of methoxy groups -OCH3 is 1. The number of hydrogen-bond donors (Lipinski definition) is 1. The Hall–Kier alpha value is -2.43. The normalized spacial score (nSPS) is 11.8. The summed E-state index contributed by atoms with van der Waals surface area (Å²) >= 11 is 0. The second kappa shape index (κ2) is 8.51. The van der Waals surface area contributed by atoms with Gasteiger partial charge >= 0.3 is 5.97 Å². The third-order valence-corrected chi connectivity index (χ3v) is 6.35. The van der Waals surface area contributed by atoms with E-state index in [4.69, 9.17) is 14.6 Å². The number of ether oxygens (including phenoxy) is 2. The number of sulfone groups is 1. The minimum Gasteiger partial charge on any atom is -0.495 e. The van der Waals surface area contributed by atoms with Gasteiger partial charge in [0, 0.05) is 0 Å². The van der Waals surface area contributed by atoms with Crippen LogP contribution in [-0.4, -0.2) is 42.3 Å². The number of primary sulfonamides is 1. The van der Waals surface area contributed by atoms with Crippen molar-refractivity contribution in [2.24, 2.45) is 5.14 Å². The van der Waals surface area contributed by atoms with Crippen LogP contribution in [0.25, 0.3) is 0 Å². The van der Waals surface area contributed by atoms with Crippen molar-refractivity contribution in [3.8, 4) is 5.75 Å². The molecule has 0 fully saturated rings. The van der Waals surface area contributed by atoms with Gasteiger partial charge in [-0.3, -0.25) is 0 Å². The van der Waals surface area contributed by atoms with Gasteiger partial charge in [-0.1, -0.05) is 18.2 Å². The highest BCUT2D eigenvalue weighted by Gasteiger charge is 2.19. The fraction of sp³-hybridized carbons (Fsp3) is 0.235. The van der Waals surface area contributed by atoms with E-state index in [-0.39, 0.29) is 39.9 Å². The molecule has 0 aliphatic heterocycles. The number of benzene rings is 2. The van der Waals surface area contributed by atoms with E-state index in [2.05, 4.69) is 0 Å². The number of hydrogen-bond acceptors (Lipinski definition) is 7. The van der Waals surface area contributed by atoms with Crippen molar-refractivity contribution in [1.29, 1.82) is 0 Å². The number of sulfonamides is 1. The minimum atomic E-state index is -4.09. The predicted molar refractivity (Wildman–Crippen MR) is 97.8 cm³/mol. The first-order valence-corrected chi connectivity index (χ1v) is 11.0. The van der Waals surface area contributed by atoms with Gasteiger partial charge in [0.15, 0.2) is 9.84 Å². The lowest BCUT2D eigenvalue weighted by atomic mass is 10.2. The Labute approximate surface area is 157 Å². The van der Waals surface area contributed by atoms with Crippen LogP contribution >= 0.6 is 0 Å². The summed E-state index contributed by atoms with van der Waals surface area (Å²) in [7, 11) is -6.28. The Bertz CT molecular complexity index is 1020. The number of esters is 1. The van der Waals surface area contributed by atoms with E-state index < -0.39 is 25.8 Å². The molecule has 2 rings (SSSR count). The molecule has 0 atom stereocenters. The molecule has 0 saturated heterocycles. The molecule has 0 aliphatic rings. The fourth-order valence-corrected chi connectivity index (χ4v) is 4.30. The maximum Gasteiger partial charge on any atom is 0.338 e. The summed E-state index contributed by atoms with van der Waals surface area (Å²) in [6, 6.07) is 11.6. The van der Waals surface area contributed by atoms with E-state index in [0.29, 0.717) is 0 Å². The molecule has 2 aromatic carbocycles. The molecule has 0 radical (unpaired) electrons. The van der Waals surface area contributed by atoms with Gasteiger partial charge in [0.2, 0.25) is 10.0 Å². The molecule has 0 aliphatic carbocycles. The van der Waals surface area contributed by atoms with Crippen LogP contribution in [0.1, 0.15) is 16.8 Å². The van der Waals surface area contributed by atoms with E-state index >= 15 is 0 Å². The Morgan fingerprint density at radius 1 is 1.04 bits per heavy atom. The van der Waals surface area contributed by atoms with Crippen LogP contribution in [-0.2, 0) is 24.6 Å². The summed E-state index contributed by atoms with van der Waals surface area (Å²) in [5.74, 6) is -0.974. The van der Waals surface area contributed by atoms with Crippen molar-refractivity contribution in [1.82, 2.24) is 0 Å². The average Bonchev–Trinajstić information content (AvgIpc) is 2.64. The molecule has 2 aromatic rings. The summed E-state index contributed by atoms with van der Waals surface area (Å²) in [5.41, 5.74) is -0.0364. The molecule has 0 spiro atoms. The summed E-state index contributed by atoms with van der Waals surface area (Å²) in [6.45, 7) is -0.137. The Morgan fingerprint density at radius 2 is 1.70 bits per heavy atom. The second-order valence-electron chi connectivity index (χ2n) is 5.53. The standard InChI is InChI=1S/C17H19NO7S2/c1-24-15-9-8-13(12-16(15)27(18,22)23)17(19)25-10-5-11-26(20,21)14-6-3-2-4-7-14/h2-4,6-9,12H,5,10-11H2,1H3,(H2,18,22,23). The van der Waals surface area contributed by atoms with Crippen molar-refractivity contribution in [2.45, 2.75) is 16.2 Å². The molecule has 0 unspecified atom stereocenters. The second-order valence-corrected chi connectivity index (χ2v) is 9.17. The van der Waals surface area contributed by atoms with Crippen LogP contribution in [0, 0.1) is 0 Å². The molecule has 0 bridgehead atoms. The van der Waals surface area contributed by atoms with Crippen LogP contribution in [0.5, 0.6) is 5.75 Å². The first-order chi connectivity index (χ1) is 12.6. The van der Waals surface area contributed by atoms with Crippen molar-refractivity contribution in [3.63, 3.8) is 0 Å². The molecular weight excluding hydrogens is 394 g/mol. The van der Waals surface area contributed by atoms with Gasteiger partial charge < -0.3 is 9.47 Å². The molecule has 0 aromatic heterocycles. The molecule has 10 heteroatoms. The zero-order valence-corrected chi connectivity index (χ0v) is 16.1. The van der Waals surface area contributed by atoms with Crippen LogP contribution in [0.15, 0.2) is 58.3 Å². The number of rotatable bonds is 8. The van der Waals surface area contributed by atoms with Crippen molar-refractivity contribution in [2.75, 3.05) is 19.5 Å². The maximum absolute atomic E-state index is 12.1. The Morgan fingerprint density at radius 3 is 2.30 bits per heavy atom. The predicted octanol–water partition coefficient (Wildman–Crippen LogP) is 1.36. The molecular formula is C17H19NO7S2. The number of carbonyl (C=O) groups is 1. The third-order valence-electron chi connectivity index (χ3n) is 3.60. The van der Waals surface area contributed by atoms with E-state index in [0.717, 1.165) is 6.07 Å². The van der Waals surface area contributed by atoms with E-state index in [1.165, 1.54) is 31.4 Å². The largest absolute Gasteiger partial charge is 0.495 e. The van der Waals surface area contributed by atoms with Gasteiger partial charge in [0.25, 0.3) is 0 Å². The van der Waals surface area contributed by atoms with Crippen molar-refractivity contribution < 1.29 is 31.1 Å². The highest BCUT2D eigenvalue weighted by atomic mass is 32.2. The maximum atomic E-state index is 12.1. The Kier molecular flexibility index (Phi) is 6.58. The van der Waals surface area contributed by atoms with Gasteiger partial charge in [0.1, 0.15) is 10.6 Å². The van der Waals surface area contributed by atoms with Crippen molar-refractivity contribution >= 4 is 25.8 Å². The lowest BCUT2D eigenvalue weighted by molar-refractivity contribution is 0.0505. The quantitative estimate of drug-likeness (QED) is 0.511. The molecule has 0 heterocycles. The van der Waals surface area contributed by atoms with Crippen molar-refractivity contribution in [3.05, 3.63) is 54.1 Å². The number of carbonyl (C=O) groups excluding carboxylic acids is 1. The highest BCUT2D eigenvalue weighted by Crippen LogP contribution is 2.24. The van der Waals surface area contributed by atoms with Gasteiger partial charge in [-0.2, -0.15) is 0 Å². The first kappa shape index (κ1) is 20.9. The molecule has 2 N–H and O–H groups in total. The van der Waals surface area contributed by atoms with Crippen LogP contribution in [0.4, 0.5) is 0 Å². The van der Waals surface area contributed by atoms with E-state index in [9.17, 15) is 21.6 Å².